The molecule has 1 amide bonds. The molecule has 30 heavy (non-hydrogen) atoms. The molecule has 1 N–H and O–H groups in total. The highest BCUT2D eigenvalue weighted by molar-refractivity contribution is 6.12. The van der Waals surface area contributed by atoms with Crippen LogP contribution in [0.25, 0.3) is 0 Å². The van der Waals surface area contributed by atoms with E-state index in [-0.39, 0.29) is 16.8 Å². The zero-order chi connectivity index (χ0) is 21.1. The molecule has 1 aliphatic rings. The van der Waals surface area contributed by atoms with E-state index in [1.165, 1.54) is 11.0 Å². The standard InChI is InChI=1S/C24H19FN2O3/c25-20-14-8-7-13-18(20)23-19(15-21(28)29)22(26-16-9-3-1-4-10-16)24(30)27(23)17-11-5-2-6-12-17/h1-14,23,26H,15H2,(H,28,29)/p-1/t23-/m1/s1. The Morgan fingerprint density at radius 1 is 0.933 bits per heavy atom. The van der Waals surface area contributed by atoms with Crippen LogP contribution in [0.15, 0.2) is 96.2 Å². The summed E-state index contributed by atoms with van der Waals surface area (Å²) in [7, 11) is 0. The third-order valence-electron chi connectivity index (χ3n) is 4.95. The number of halogens is 1. The lowest BCUT2D eigenvalue weighted by Crippen LogP contribution is -2.32. The number of aliphatic carboxylic acids is 1. The van der Waals surface area contributed by atoms with Gasteiger partial charge in [0.2, 0.25) is 0 Å². The number of carboxylic acids is 1. The third-order valence-corrected chi connectivity index (χ3v) is 4.95. The predicted octanol–water partition coefficient (Wildman–Crippen LogP) is 3.42. The smallest absolute Gasteiger partial charge is 0.275 e. The Hall–Kier alpha value is -3.93. The Bertz CT molecular complexity index is 1110. The Morgan fingerprint density at radius 2 is 1.53 bits per heavy atom. The van der Waals surface area contributed by atoms with E-state index in [0.717, 1.165) is 0 Å². The van der Waals surface area contributed by atoms with Gasteiger partial charge in [0.1, 0.15) is 11.5 Å². The van der Waals surface area contributed by atoms with Crippen LogP contribution < -0.4 is 15.3 Å². The second-order valence-electron chi connectivity index (χ2n) is 6.87. The van der Waals surface area contributed by atoms with Crippen molar-refractivity contribution in [3.05, 3.63) is 108 Å². The summed E-state index contributed by atoms with van der Waals surface area (Å²) < 4.78 is 14.8. The summed E-state index contributed by atoms with van der Waals surface area (Å²) in [6.07, 6.45) is -0.511. The largest absolute Gasteiger partial charge is 0.550 e. The van der Waals surface area contributed by atoms with Crippen molar-refractivity contribution in [2.45, 2.75) is 12.5 Å². The molecule has 3 aromatic carbocycles. The average molecular weight is 401 g/mol. The average Bonchev–Trinajstić information content (AvgIpc) is 3.01. The first-order valence-corrected chi connectivity index (χ1v) is 9.44. The van der Waals surface area contributed by atoms with Crippen molar-refractivity contribution < 1.29 is 19.1 Å². The van der Waals surface area contributed by atoms with Gasteiger partial charge in [0.15, 0.2) is 0 Å². The molecule has 0 fully saturated rings. The van der Waals surface area contributed by atoms with E-state index in [1.807, 2.05) is 6.07 Å². The molecular weight excluding hydrogens is 383 g/mol. The van der Waals surface area contributed by atoms with Gasteiger partial charge in [0, 0.05) is 29.3 Å². The minimum Gasteiger partial charge on any atom is -0.550 e. The summed E-state index contributed by atoms with van der Waals surface area (Å²) in [6.45, 7) is 0. The summed E-state index contributed by atoms with van der Waals surface area (Å²) in [4.78, 5) is 26.5. The third kappa shape index (κ3) is 3.67. The second-order valence-corrected chi connectivity index (χ2v) is 6.87. The van der Waals surface area contributed by atoms with E-state index < -0.39 is 30.2 Å². The molecule has 3 aromatic rings. The SMILES string of the molecule is O=C([O-])CC1=C(Nc2ccccc2)C(=O)N(c2ccccc2)[C@@H]1c1ccccc1F. The van der Waals surface area contributed by atoms with E-state index in [0.29, 0.717) is 11.4 Å². The highest BCUT2D eigenvalue weighted by Crippen LogP contribution is 2.43. The number of amides is 1. The van der Waals surface area contributed by atoms with Crippen LogP contribution in [0, 0.1) is 5.82 Å². The van der Waals surface area contributed by atoms with Gasteiger partial charge in [-0.25, -0.2) is 4.39 Å². The topological polar surface area (TPSA) is 72.5 Å². The summed E-state index contributed by atoms with van der Waals surface area (Å²) >= 11 is 0. The van der Waals surface area contributed by atoms with Crippen molar-refractivity contribution in [1.29, 1.82) is 0 Å². The maximum absolute atomic E-state index is 14.8. The molecule has 0 unspecified atom stereocenters. The highest BCUT2D eigenvalue weighted by atomic mass is 19.1. The number of para-hydroxylation sites is 2. The van der Waals surface area contributed by atoms with Gasteiger partial charge in [-0.15, -0.1) is 0 Å². The van der Waals surface area contributed by atoms with Crippen molar-refractivity contribution in [3.8, 4) is 0 Å². The first kappa shape index (κ1) is 19.4. The number of rotatable bonds is 6. The monoisotopic (exact) mass is 401 g/mol. The second kappa shape index (κ2) is 8.21. The number of nitrogens with one attached hydrogen (secondary N) is 1. The van der Waals surface area contributed by atoms with Crippen LogP contribution in [0.3, 0.4) is 0 Å². The molecule has 150 valence electrons. The Kier molecular flexibility index (Phi) is 5.30. The van der Waals surface area contributed by atoms with Crippen LogP contribution in [-0.4, -0.2) is 11.9 Å². The normalized spacial score (nSPS) is 16.1. The summed E-state index contributed by atoms with van der Waals surface area (Å²) in [5, 5.41) is 14.6. The molecule has 0 aromatic heterocycles. The van der Waals surface area contributed by atoms with Crippen molar-refractivity contribution >= 4 is 23.3 Å². The molecule has 4 rings (SSSR count). The van der Waals surface area contributed by atoms with Gasteiger partial charge in [-0.2, -0.15) is 0 Å². The van der Waals surface area contributed by atoms with Gasteiger partial charge < -0.3 is 15.2 Å². The van der Waals surface area contributed by atoms with E-state index in [9.17, 15) is 19.1 Å². The molecule has 1 heterocycles. The van der Waals surface area contributed by atoms with E-state index in [2.05, 4.69) is 5.32 Å². The number of carbonyl (C=O) groups is 2. The van der Waals surface area contributed by atoms with E-state index in [1.54, 1.807) is 72.8 Å². The van der Waals surface area contributed by atoms with Crippen LogP contribution in [0.1, 0.15) is 18.0 Å². The Labute approximate surface area is 173 Å². The lowest BCUT2D eigenvalue weighted by atomic mass is 9.95. The van der Waals surface area contributed by atoms with Crippen molar-refractivity contribution in [2.24, 2.45) is 0 Å². The lowest BCUT2D eigenvalue weighted by molar-refractivity contribution is -0.304. The molecule has 0 bridgehead atoms. The van der Waals surface area contributed by atoms with E-state index in [4.69, 9.17) is 0 Å². The van der Waals surface area contributed by atoms with Crippen molar-refractivity contribution in [3.63, 3.8) is 0 Å². The molecule has 5 nitrogen and oxygen atoms in total. The van der Waals surface area contributed by atoms with Gasteiger partial charge in [-0.3, -0.25) is 9.69 Å². The maximum Gasteiger partial charge on any atom is 0.275 e. The Balaban J connectivity index is 1.90. The molecule has 0 saturated heterocycles. The number of hydrogen-bond acceptors (Lipinski definition) is 4. The van der Waals surface area contributed by atoms with E-state index >= 15 is 0 Å². The van der Waals surface area contributed by atoms with Gasteiger partial charge in [-0.1, -0.05) is 54.6 Å². The summed E-state index contributed by atoms with van der Waals surface area (Å²) in [6, 6.07) is 22.9. The fraction of sp³-hybridized carbons (Fsp3) is 0.0833. The van der Waals surface area contributed by atoms with Crippen LogP contribution in [0.5, 0.6) is 0 Å². The first-order valence-electron chi connectivity index (χ1n) is 9.44. The van der Waals surface area contributed by atoms with Crippen LogP contribution >= 0.6 is 0 Å². The first-order chi connectivity index (χ1) is 14.6. The predicted molar refractivity (Wildman–Crippen MR) is 110 cm³/mol. The molecule has 0 radical (unpaired) electrons. The van der Waals surface area contributed by atoms with Gasteiger partial charge in [-0.05, 0) is 35.9 Å². The Morgan fingerprint density at radius 3 is 2.17 bits per heavy atom. The number of hydrogen-bond donors (Lipinski definition) is 1. The number of nitrogens with zero attached hydrogens (tertiary/aromatic N) is 1. The minimum absolute atomic E-state index is 0.113. The molecular formula is C24H18FN2O3-. The zero-order valence-corrected chi connectivity index (χ0v) is 15.9. The van der Waals surface area contributed by atoms with Crippen molar-refractivity contribution in [1.82, 2.24) is 0 Å². The highest BCUT2D eigenvalue weighted by Gasteiger charge is 2.42. The molecule has 1 aliphatic heterocycles. The zero-order valence-electron chi connectivity index (χ0n) is 15.9. The number of benzene rings is 3. The number of anilines is 2. The minimum atomic E-state index is -1.35. The van der Waals surface area contributed by atoms with Gasteiger partial charge in [0.25, 0.3) is 5.91 Å². The quantitative estimate of drug-likeness (QED) is 0.687. The lowest BCUT2D eigenvalue weighted by Gasteiger charge is -2.28. The fourth-order valence-electron chi connectivity index (χ4n) is 3.69. The molecule has 6 heteroatoms. The number of carbonyl (C=O) groups excluding carboxylic acids is 2. The number of carboxylic acid groups (broad SMARTS) is 1. The van der Waals surface area contributed by atoms with Crippen LogP contribution in [0.4, 0.5) is 15.8 Å². The molecule has 0 aliphatic carbocycles. The van der Waals surface area contributed by atoms with Crippen LogP contribution in [-0.2, 0) is 9.59 Å². The summed E-state index contributed by atoms with van der Waals surface area (Å²) in [5.74, 6) is -2.30. The fourth-order valence-corrected chi connectivity index (χ4v) is 3.69. The summed E-state index contributed by atoms with van der Waals surface area (Å²) in [5.41, 5.74) is 1.74. The van der Waals surface area contributed by atoms with Crippen LogP contribution in [0.2, 0.25) is 0 Å². The molecule has 0 saturated carbocycles. The van der Waals surface area contributed by atoms with Gasteiger partial charge in [0.05, 0.1) is 6.04 Å². The van der Waals surface area contributed by atoms with Gasteiger partial charge >= 0.3 is 0 Å². The molecule has 0 spiro atoms. The van der Waals surface area contributed by atoms with Crippen molar-refractivity contribution in [2.75, 3.05) is 10.2 Å². The molecule has 1 atom stereocenters. The maximum atomic E-state index is 14.8.